The Kier molecular flexibility index (Phi) is 5.07. The average Bonchev–Trinajstić information content (AvgIpc) is 2.18. The van der Waals surface area contributed by atoms with E-state index in [-0.39, 0.29) is 0 Å². The maximum atomic E-state index is 5.46. The standard InChI is InChI=1S/C11H19N3O/c1-14(2)9-10-4-6-13-11(8-10)15-7-3-5-12/h4,6,8H,3,5,7,9,12H2,1-2H3. The zero-order valence-electron chi connectivity index (χ0n) is 9.44. The first-order valence-corrected chi connectivity index (χ1v) is 5.15. The molecule has 0 saturated heterocycles. The summed E-state index contributed by atoms with van der Waals surface area (Å²) >= 11 is 0. The van der Waals surface area contributed by atoms with Crippen molar-refractivity contribution in [3.05, 3.63) is 23.9 Å². The van der Waals surface area contributed by atoms with Crippen LogP contribution in [0.4, 0.5) is 0 Å². The Balaban J connectivity index is 2.50. The zero-order valence-corrected chi connectivity index (χ0v) is 9.44. The molecule has 15 heavy (non-hydrogen) atoms. The molecule has 0 bridgehead atoms. The third-order valence-corrected chi connectivity index (χ3v) is 1.90. The summed E-state index contributed by atoms with van der Waals surface area (Å²) in [5, 5.41) is 0. The van der Waals surface area contributed by atoms with Crippen molar-refractivity contribution in [2.24, 2.45) is 5.73 Å². The van der Waals surface area contributed by atoms with Crippen LogP contribution >= 0.6 is 0 Å². The molecule has 0 aliphatic carbocycles. The lowest BCUT2D eigenvalue weighted by Gasteiger charge is -2.10. The summed E-state index contributed by atoms with van der Waals surface area (Å²) in [6.45, 7) is 2.18. The second kappa shape index (κ2) is 6.37. The van der Waals surface area contributed by atoms with Crippen LogP contribution in [-0.2, 0) is 6.54 Å². The molecule has 0 spiro atoms. The van der Waals surface area contributed by atoms with Gasteiger partial charge in [0, 0.05) is 18.8 Å². The molecule has 1 aromatic rings. The fourth-order valence-electron chi connectivity index (χ4n) is 1.25. The second-order valence-electron chi connectivity index (χ2n) is 3.73. The van der Waals surface area contributed by atoms with Gasteiger partial charge in [-0.05, 0) is 38.7 Å². The molecule has 2 N–H and O–H groups in total. The third kappa shape index (κ3) is 4.76. The predicted molar refractivity (Wildman–Crippen MR) is 60.8 cm³/mol. The van der Waals surface area contributed by atoms with Crippen LogP contribution in [-0.4, -0.2) is 37.1 Å². The Morgan fingerprint density at radius 1 is 1.47 bits per heavy atom. The van der Waals surface area contributed by atoms with Gasteiger partial charge in [-0.15, -0.1) is 0 Å². The first kappa shape index (κ1) is 11.9. The van der Waals surface area contributed by atoms with Crippen LogP contribution in [0.25, 0.3) is 0 Å². The molecule has 0 amide bonds. The van der Waals surface area contributed by atoms with E-state index in [2.05, 4.69) is 9.88 Å². The van der Waals surface area contributed by atoms with Crippen LogP contribution in [0.5, 0.6) is 5.88 Å². The highest BCUT2D eigenvalue weighted by Gasteiger charge is 1.99. The van der Waals surface area contributed by atoms with E-state index in [0.717, 1.165) is 13.0 Å². The monoisotopic (exact) mass is 209 g/mol. The summed E-state index contributed by atoms with van der Waals surface area (Å²) < 4.78 is 5.46. The number of pyridine rings is 1. The van der Waals surface area contributed by atoms with Crippen LogP contribution < -0.4 is 10.5 Å². The van der Waals surface area contributed by atoms with Gasteiger partial charge in [-0.1, -0.05) is 0 Å². The zero-order chi connectivity index (χ0) is 11.1. The Hall–Kier alpha value is -1.13. The van der Waals surface area contributed by atoms with E-state index in [1.807, 2.05) is 26.2 Å². The number of nitrogens with two attached hydrogens (primary N) is 1. The number of nitrogens with zero attached hydrogens (tertiary/aromatic N) is 2. The van der Waals surface area contributed by atoms with E-state index in [1.54, 1.807) is 6.20 Å². The molecular formula is C11H19N3O. The largest absolute Gasteiger partial charge is 0.478 e. The number of rotatable bonds is 6. The van der Waals surface area contributed by atoms with Crippen molar-refractivity contribution in [3.63, 3.8) is 0 Å². The molecule has 0 unspecified atom stereocenters. The lowest BCUT2D eigenvalue weighted by molar-refractivity contribution is 0.300. The lowest BCUT2D eigenvalue weighted by atomic mass is 10.2. The maximum Gasteiger partial charge on any atom is 0.213 e. The molecule has 1 heterocycles. The van der Waals surface area contributed by atoms with E-state index in [1.165, 1.54) is 5.56 Å². The predicted octanol–water partition coefficient (Wildman–Crippen LogP) is 0.871. The summed E-state index contributed by atoms with van der Waals surface area (Å²) in [6, 6.07) is 3.96. The molecule has 4 heteroatoms. The molecule has 0 aliphatic rings. The molecule has 84 valence electrons. The topological polar surface area (TPSA) is 51.4 Å². The Morgan fingerprint density at radius 3 is 2.93 bits per heavy atom. The quantitative estimate of drug-likeness (QED) is 0.706. The second-order valence-corrected chi connectivity index (χ2v) is 3.73. The van der Waals surface area contributed by atoms with Gasteiger partial charge in [-0.25, -0.2) is 4.98 Å². The van der Waals surface area contributed by atoms with Crippen molar-refractivity contribution in [1.82, 2.24) is 9.88 Å². The van der Waals surface area contributed by atoms with Gasteiger partial charge in [0.1, 0.15) is 0 Å². The first-order valence-electron chi connectivity index (χ1n) is 5.15. The molecule has 0 aliphatic heterocycles. The highest BCUT2D eigenvalue weighted by Crippen LogP contribution is 2.10. The minimum Gasteiger partial charge on any atom is -0.478 e. The molecule has 1 aromatic heterocycles. The molecule has 0 saturated carbocycles. The lowest BCUT2D eigenvalue weighted by Crippen LogP contribution is -2.11. The fourth-order valence-corrected chi connectivity index (χ4v) is 1.25. The van der Waals surface area contributed by atoms with Crippen LogP contribution in [0.15, 0.2) is 18.3 Å². The summed E-state index contributed by atoms with van der Waals surface area (Å²) in [4.78, 5) is 6.25. The van der Waals surface area contributed by atoms with Gasteiger partial charge in [0.2, 0.25) is 5.88 Å². The highest BCUT2D eigenvalue weighted by atomic mass is 16.5. The summed E-state index contributed by atoms with van der Waals surface area (Å²) in [5.74, 6) is 0.683. The summed E-state index contributed by atoms with van der Waals surface area (Å²) in [6.07, 6.45) is 2.64. The number of ether oxygens (including phenoxy) is 1. The number of hydrogen-bond acceptors (Lipinski definition) is 4. The molecule has 0 fully saturated rings. The number of hydrogen-bond donors (Lipinski definition) is 1. The van der Waals surface area contributed by atoms with Crippen LogP contribution in [0.2, 0.25) is 0 Å². The molecule has 4 nitrogen and oxygen atoms in total. The van der Waals surface area contributed by atoms with E-state index in [4.69, 9.17) is 10.5 Å². The van der Waals surface area contributed by atoms with Gasteiger partial charge in [0.05, 0.1) is 6.61 Å². The minimum atomic E-state index is 0.634. The Bertz CT molecular complexity index is 289. The highest BCUT2D eigenvalue weighted by molar-refractivity contribution is 5.20. The fraction of sp³-hybridized carbons (Fsp3) is 0.545. The van der Waals surface area contributed by atoms with Crippen molar-refractivity contribution in [2.75, 3.05) is 27.2 Å². The van der Waals surface area contributed by atoms with Gasteiger partial charge in [0.25, 0.3) is 0 Å². The summed E-state index contributed by atoms with van der Waals surface area (Å²) in [7, 11) is 4.07. The molecule has 0 radical (unpaired) electrons. The smallest absolute Gasteiger partial charge is 0.213 e. The molecule has 0 aromatic carbocycles. The van der Waals surface area contributed by atoms with Gasteiger partial charge < -0.3 is 15.4 Å². The van der Waals surface area contributed by atoms with Gasteiger partial charge in [-0.3, -0.25) is 0 Å². The van der Waals surface area contributed by atoms with E-state index in [9.17, 15) is 0 Å². The maximum absolute atomic E-state index is 5.46. The van der Waals surface area contributed by atoms with Crippen molar-refractivity contribution in [1.29, 1.82) is 0 Å². The van der Waals surface area contributed by atoms with Crippen molar-refractivity contribution >= 4 is 0 Å². The third-order valence-electron chi connectivity index (χ3n) is 1.90. The average molecular weight is 209 g/mol. The van der Waals surface area contributed by atoms with Crippen molar-refractivity contribution < 1.29 is 4.74 Å². The molecule has 1 rings (SSSR count). The van der Waals surface area contributed by atoms with Crippen LogP contribution in [0.1, 0.15) is 12.0 Å². The molecule has 0 atom stereocenters. The molecular weight excluding hydrogens is 190 g/mol. The van der Waals surface area contributed by atoms with Crippen LogP contribution in [0.3, 0.4) is 0 Å². The van der Waals surface area contributed by atoms with Gasteiger partial charge >= 0.3 is 0 Å². The van der Waals surface area contributed by atoms with E-state index < -0.39 is 0 Å². The normalized spacial score (nSPS) is 10.7. The SMILES string of the molecule is CN(C)Cc1ccnc(OCCCN)c1. The van der Waals surface area contributed by atoms with Gasteiger partial charge in [-0.2, -0.15) is 0 Å². The van der Waals surface area contributed by atoms with Crippen molar-refractivity contribution in [2.45, 2.75) is 13.0 Å². The summed E-state index contributed by atoms with van der Waals surface area (Å²) in [5.41, 5.74) is 6.59. The van der Waals surface area contributed by atoms with Crippen LogP contribution in [0, 0.1) is 0 Å². The van der Waals surface area contributed by atoms with Crippen molar-refractivity contribution in [3.8, 4) is 5.88 Å². The van der Waals surface area contributed by atoms with E-state index >= 15 is 0 Å². The van der Waals surface area contributed by atoms with E-state index in [0.29, 0.717) is 19.0 Å². The Morgan fingerprint density at radius 2 is 2.27 bits per heavy atom. The first-order chi connectivity index (χ1) is 7.22. The van der Waals surface area contributed by atoms with Gasteiger partial charge in [0.15, 0.2) is 0 Å². The minimum absolute atomic E-state index is 0.634. The Labute approximate surface area is 91.1 Å². The number of aromatic nitrogens is 1.